The van der Waals surface area contributed by atoms with Gasteiger partial charge in [0, 0.05) is 79.6 Å². The second-order valence-electron chi connectivity index (χ2n) is 25.0. The Balaban J connectivity index is 1.14. The molecule has 0 N–H and O–H groups in total. The first-order valence-electron chi connectivity index (χ1n) is 29.8. The largest absolute Gasteiger partial charge is 0.311 e. The highest BCUT2D eigenvalue weighted by Gasteiger charge is 2.58. The Morgan fingerprint density at radius 1 is 0.179 bits per heavy atom. The lowest BCUT2D eigenvalue weighted by Gasteiger charge is -2.55. The van der Waals surface area contributed by atoms with Gasteiger partial charge in [0.1, 0.15) is 0 Å². The number of fused-ring (bicyclic) bond motifs is 2. The quantitative estimate of drug-likeness (QED) is 0.154. The molecule has 0 aliphatic carbocycles. The lowest BCUT2D eigenvalue weighted by Crippen LogP contribution is -2.69. The number of hydrogen-bond acceptors (Lipinski definition) is 6. The van der Waals surface area contributed by atoms with E-state index in [-0.39, 0.29) is 13.4 Å². The first-order chi connectivity index (χ1) is 40.8. The summed E-state index contributed by atoms with van der Waals surface area (Å²) in [6, 6.07) is 75.7. The van der Waals surface area contributed by atoms with E-state index >= 15 is 0 Å². The molecule has 0 atom stereocenters. The molecule has 17 rings (SSSR count). The molecule has 84 heavy (non-hydrogen) atoms. The highest BCUT2D eigenvalue weighted by molar-refractivity contribution is 7.06. The number of anilines is 18. The molecule has 0 saturated carbocycles. The molecule has 8 heteroatoms. The topological polar surface area (TPSA) is 19.4 Å². The van der Waals surface area contributed by atoms with Gasteiger partial charge >= 0.3 is 0 Å². The fraction of sp³-hybridized carbons (Fsp3) is 0.132. The van der Waals surface area contributed by atoms with Gasteiger partial charge in [-0.3, -0.25) is 0 Å². The van der Waals surface area contributed by atoms with Crippen molar-refractivity contribution in [1.82, 2.24) is 0 Å². The van der Waals surface area contributed by atoms with Gasteiger partial charge in [0.25, 0.3) is 13.4 Å². The number of hydrogen-bond donors (Lipinski definition) is 0. The zero-order chi connectivity index (χ0) is 56.9. The number of rotatable bonds is 6. The SMILES string of the molecule is Cc1ccc(N2c3cc(C)cc4c3B3c5c2cc(C)cc5N(c2ccc(C)cc2)c2c3c(c3c5c2N(c2ccc(C)cc2)c2cc(C)cc6c2B5c2c(cc(C)cc2N3c2ccc(C)cc2)N6c2ccc(C)cc2)N4c2ccc(C)cc2)cc1. The summed E-state index contributed by atoms with van der Waals surface area (Å²) in [6.07, 6.45) is 0. The van der Waals surface area contributed by atoms with Crippen molar-refractivity contribution in [3.05, 3.63) is 250 Å². The molecule has 0 amide bonds. The lowest BCUT2D eigenvalue weighted by atomic mass is 9.28. The molecule has 0 fully saturated rings. The molecule has 0 spiro atoms. The standard InChI is InChI=1S/C76H62B2N6/c1-43-11-23-53(24-12-43)79-59-35-49(7)39-63-67(59)77-68-60(79)36-50(8)40-64(68)82(56-29-17-46(4)18-30-56)74-71(77)73(81(63)55-27-15-45(3)16-28-55)75-72-76(74)84(58-33-21-48(6)22-34-58)66-42-52(10)38-62-70(66)78(72)69-61(80(62)54-25-13-44(2)14-26-54)37-51(9)41-65(69)83(75)57-31-19-47(5)20-32-57/h11-42H,1-10H3. The summed E-state index contributed by atoms with van der Waals surface area (Å²) >= 11 is 0. The van der Waals surface area contributed by atoms with Crippen LogP contribution in [-0.2, 0) is 0 Å². The summed E-state index contributed by atoms with van der Waals surface area (Å²) in [5, 5.41) is 0. The Morgan fingerprint density at radius 3 is 0.512 bits per heavy atom. The molecule has 0 radical (unpaired) electrons. The maximum atomic E-state index is 2.70. The van der Waals surface area contributed by atoms with Gasteiger partial charge in [-0.1, -0.05) is 106 Å². The summed E-state index contributed by atoms with van der Waals surface area (Å²) in [5.74, 6) is 0. The Kier molecular flexibility index (Phi) is 10.2. The molecule has 6 heterocycles. The van der Waals surface area contributed by atoms with Gasteiger partial charge in [-0.15, -0.1) is 0 Å². The zero-order valence-corrected chi connectivity index (χ0v) is 49.3. The highest BCUT2D eigenvalue weighted by Crippen LogP contribution is 2.61. The smallest absolute Gasteiger partial charge is 0.257 e. The van der Waals surface area contributed by atoms with Crippen LogP contribution in [-0.4, -0.2) is 13.4 Å². The van der Waals surface area contributed by atoms with Crippen LogP contribution in [0, 0.1) is 69.2 Å². The Hall–Kier alpha value is -9.65. The van der Waals surface area contributed by atoms with Gasteiger partial charge in [0.2, 0.25) is 0 Å². The van der Waals surface area contributed by atoms with E-state index in [0.717, 1.165) is 34.1 Å². The van der Waals surface area contributed by atoms with Crippen molar-refractivity contribution in [2.75, 3.05) is 29.4 Å². The van der Waals surface area contributed by atoms with Crippen molar-refractivity contribution >= 4 is 149 Å². The first kappa shape index (κ1) is 49.0. The van der Waals surface area contributed by atoms with E-state index < -0.39 is 0 Å². The Labute approximate surface area is 494 Å². The van der Waals surface area contributed by atoms with E-state index in [2.05, 4.69) is 293 Å². The van der Waals surface area contributed by atoms with Crippen LogP contribution in [0.25, 0.3) is 0 Å². The maximum absolute atomic E-state index is 2.70. The number of aryl methyl sites for hydroxylation is 10. The average molecular weight is 1080 g/mol. The second kappa shape index (κ2) is 17.4. The van der Waals surface area contributed by atoms with E-state index in [9.17, 15) is 0 Å². The van der Waals surface area contributed by atoms with Crippen molar-refractivity contribution < 1.29 is 0 Å². The third kappa shape index (κ3) is 6.71. The van der Waals surface area contributed by atoms with Gasteiger partial charge < -0.3 is 29.4 Å². The molecule has 402 valence electrons. The fourth-order valence-electron chi connectivity index (χ4n) is 15.3. The van der Waals surface area contributed by atoms with Crippen LogP contribution in [0.4, 0.5) is 102 Å². The normalized spacial score (nSPS) is 14.1. The fourth-order valence-corrected chi connectivity index (χ4v) is 15.3. The van der Waals surface area contributed by atoms with Crippen LogP contribution in [0.15, 0.2) is 194 Å². The van der Waals surface area contributed by atoms with E-state index in [1.807, 2.05) is 0 Å². The third-order valence-electron chi connectivity index (χ3n) is 18.9. The molecule has 0 saturated heterocycles. The number of nitrogens with zero attached hydrogens (tertiary/aromatic N) is 6. The Morgan fingerprint density at radius 2 is 0.333 bits per heavy atom. The van der Waals surface area contributed by atoms with Crippen LogP contribution in [0.3, 0.4) is 0 Å². The number of benzene rings is 11. The van der Waals surface area contributed by atoms with Crippen molar-refractivity contribution in [3.63, 3.8) is 0 Å². The van der Waals surface area contributed by atoms with Crippen LogP contribution in [0.1, 0.15) is 55.6 Å². The molecule has 0 unspecified atom stereocenters. The minimum atomic E-state index is -0.162. The third-order valence-corrected chi connectivity index (χ3v) is 18.9. The van der Waals surface area contributed by atoms with E-state index in [1.165, 1.54) is 157 Å². The maximum Gasteiger partial charge on any atom is 0.257 e. The molecule has 6 aliphatic rings. The zero-order valence-electron chi connectivity index (χ0n) is 49.3. The van der Waals surface area contributed by atoms with Crippen LogP contribution >= 0.6 is 0 Å². The minimum Gasteiger partial charge on any atom is -0.311 e. The predicted molar refractivity (Wildman–Crippen MR) is 358 cm³/mol. The molecular weight excluding hydrogens is 1020 g/mol. The Bertz CT molecular complexity index is 4120. The van der Waals surface area contributed by atoms with Gasteiger partial charge in [-0.2, -0.15) is 0 Å². The summed E-state index contributed by atoms with van der Waals surface area (Å²) in [7, 11) is 0. The summed E-state index contributed by atoms with van der Waals surface area (Å²) < 4.78 is 0. The second-order valence-corrected chi connectivity index (χ2v) is 25.0. The van der Waals surface area contributed by atoms with Crippen molar-refractivity contribution in [2.45, 2.75) is 69.2 Å². The molecular formula is C76H62B2N6. The molecule has 6 nitrogen and oxygen atoms in total. The van der Waals surface area contributed by atoms with Crippen LogP contribution in [0.5, 0.6) is 0 Å². The van der Waals surface area contributed by atoms with Crippen molar-refractivity contribution in [3.8, 4) is 0 Å². The average Bonchev–Trinajstić information content (AvgIpc) is 1.03. The predicted octanol–water partition coefficient (Wildman–Crippen LogP) is 16.5. The van der Waals surface area contributed by atoms with E-state index in [0.29, 0.717) is 0 Å². The van der Waals surface area contributed by atoms with Crippen LogP contribution < -0.4 is 62.2 Å². The van der Waals surface area contributed by atoms with Crippen molar-refractivity contribution in [1.29, 1.82) is 0 Å². The summed E-state index contributed by atoms with van der Waals surface area (Å²) in [5.41, 5.74) is 41.6. The first-order valence-corrected chi connectivity index (χ1v) is 29.8. The van der Waals surface area contributed by atoms with Gasteiger partial charge in [0.15, 0.2) is 0 Å². The summed E-state index contributed by atoms with van der Waals surface area (Å²) in [6.45, 7) is 22.1. The monoisotopic (exact) mass is 1080 g/mol. The molecule has 0 aromatic heterocycles. The molecule has 0 bridgehead atoms. The van der Waals surface area contributed by atoms with Crippen molar-refractivity contribution in [2.24, 2.45) is 0 Å². The van der Waals surface area contributed by atoms with Crippen LogP contribution in [0.2, 0.25) is 0 Å². The van der Waals surface area contributed by atoms with Gasteiger partial charge in [-0.05, 0) is 246 Å². The minimum absolute atomic E-state index is 0.162. The molecule has 11 aromatic rings. The van der Waals surface area contributed by atoms with E-state index in [1.54, 1.807) is 0 Å². The lowest BCUT2D eigenvalue weighted by molar-refractivity contribution is 1.16. The van der Waals surface area contributed by atoms with Gasteiger partial charge in [0.05, 0.1) is 22.7 Å². The molecule has 6 aliphatic heterocycles. The van der Waals surface area contributed by atoms with E-state index in [4.69, 9.17) is 0 Å². The van der Waals surface area contributed by atoms with Gasteiger partial charge in [-0.25, -0.2) is 0 Å². The summed E-state index contributed by atoms with van der Waals surface area (Å²) in [4.78, 5) is 16.0. The molecule has 11 aromatic carbocycles. The highest BCUT2D eigenvalue weighted by atomic mass is 15.3.